The Bertz CT molecular complexity index is 441. The summed E-state index contributed by atoms with van der Waals surface area (Å²) >= 11 is 1.60. The standard InChI is InChI=1S/C12H14N2O2S/c1-3-17-11-6-4-5-10(9(11)7-13)14-8-12(15)16-2/h4-6,14H,3,8H2,1-2H3. The van der Waals surface area contributed by atoms with Gasteiger partial charge < -0.3 is 10.1 Å². The van der Waals surface area contributed by atoms with Gasteiger partial charge in [-0.3, -0.25) is 4.79 Å². The molecule has 0 amide bonds. The van der Waals surface area contributed by atoms with Gasteiger partial charge in [-0.25, -0.2) is 0 Å². The fourth-order valence-corrected chi connectivity index (χ4v) is 2.09. The Labute approximate surface area is 105 Å². The smallest absolute Gasteiger partial charge is 0.325 e. The molecule has 17 heavy (non-hydrogen) atoms. The molecule has 4 nitrogen and oxygen atoms in total. The van der Waals surface area contributed by atoms with Crippen molar-refractivity contribution in [3.05, 3.63) is 23.8 Å². The summed E-state index contributed by atoms with van der Waals surface area (Å²) in [5.41, 5.74) is 1.24. The Morgan fingerprint density at radius 1 is 1.59 bits per heavy atom. The van der Waals surface area contributed by atoms with Gasteiger partial charge in [-0.15, -0.1) is 11.8 Å². The van der Waals surface area contributed by atoms with Crippen molar-refractivity contribution >= 4 is 23.4 Å². The van der Waals surface area contributed by atoms with E-state index in [1.165, 1.54) is 7.11 Å². The highest BCUT2D eigenvalue weighted by molar-refractivity contribution is 7.99. The van der Waals surface area contributed by atoms with Crippen molar-refractivity contribution in [3.63, 3.8) is 0 Å². The van der Waals surface area contributed by atoms with Crippen LogP contribution in [-0.4, -0.2) is 25.4 Å². The van der Waals surface area contributed by atoms with E-state index in [1.807, 2.05) is 19.1 Å². The highest BCUT2D eigenvalue weighted by atomic mass is 32.2. The van der Waals surface area contributed by atoms with Gasteiger partial charge in [-0.2, -0.15) is 5.26 Å². The molecule has 0 aliphatic rings. The molecule has 0 heterocycles. The summed E-state index contributed by atoms with van der Waals surface area (Å²) in [5, 5.41) is 12.0. The number of nitriles is 1. The minimum Gasteiger partial charge on any atom is -0.468 e. The SMILES string of the molecule is CCSc1cccc(NCC(=O)OC)c1C#N. The van der Waals surface area contributed by atoms with Gasteiger partial charge in [0.1, 0.15) is 12.6 Å². The number of thioether (sulfide) groups is 1. The number of ether oxygens (including phenoxy) is 1. The molecule has 0 spiro atoms. The van der Waals surface area contributed by atoms with Crippen LogP contribution in [0, 0.1) is 11.3 Å². The number of carbonyl (C=O) groups excluding carboxylic acids is 1. The molecule has 1 aromatic carbocycles. The van der Waals surface area contributed by atoms with Gasteiger partial charge in [-0.05, 0) is 17.9 Å². The first kappa shape index (κ1) is 13.4. The molecule has 0 fully saturated rings. The molecule has 5 heteroatoms. The third kappa shape index (κ3) is 3.68. The van der Waals surface area contributed by atoms with Gasteiger partial charge >= 0.3 is 5.97 Å². The average Bonchev–Trinajstić information content (AvgIpc) is 2.36. The molecule has 0 aliphatic heterocycles. The van der Waals surface area contributed by atoms with Crippen molar-refractivity contribution in [2.24, 2.45) is 0 Å². The number of hydrogen-bond donors (Lipinski definition) is 1. The van der Waals surface area contributed by atoms with Crippen molar-refractivity contribution in [3.8, 4) is 6.07 Å². The Kier molecular flexibility index (Phi) is 5.37. The molecule has 1 aromatic rings. The second-order valence-corrected chi connectivity index (χ2v) is 4.46. The number of nitrogens with zero attached hydrogens (tertiary/aromatic N) is 1. The van der Waals surface area contributed by atoms with Crippen LogP contribution in [0.25, 0.3) is 0 Å². The minimum absolute atomic E-state index is 0.0609. The maximum Gasteiger partial charge on any atom is 0.325 e. The lowest BCUT2D eigenvalue weighted by Gasteiger charge is -2.09. The third-order valence-corrected chi connectivity index (χ3v) is 3.03. The predicted octanol–water partition coefficient (Wildman–Crippen LogP) is 2.26. The second kappa shape index (κ2) is 6.81. The van der Waals surface area contributed by atoms with Crippen LogP contribution in [0.3, 0.4) is 0 Å². The van der Waals surface area contributed by atoms with Crippen molar-refractivity contribution in [1.29, 1.82) is 5.26 Å². The van der Waals surface area contributed by atoms with Gasteiger partial charge in [-0.1, -0.05) is 13.0 Å². The van der Waals surface area contributed by atoms with Gasteiger partial charge in [0.15, 0.2) is 0 Å². The number of carbonyl (C=O) groups is 1. The van der Waals surface area contributed by atoms with E-state index in [-0.39, 0.29) is 12.5 Å². The van der Waals surface area contributed by atoms with E-state index in [0.29, 0.717) is 11.3 Å². The van der Waals surface area contributed by atoms with Crippen LogP contribution in [0.4, 0.5) is 5.69 Å². The largest absolute Gasteiger partial charge is 0.468 e. The number of benzene rings is 1. The molecule has 0 saturated heterocycles. The van der Waals surface area contributed by atoms with Crippen LogP contribution in [0.2, 0.25) is 0 Å². The highest BCUT2D eigenvalue weighted by Crippen LogP contribution is 2.27. The molecular formula is C12H14N2O2S. The van der Waals surface area contributed by atoms with E-state index in [4.69, 9.17) is 5.26 Å². The molecule has 1 rings (SSSR count). The summed E-state index contributed by atoms with van der Waals surface area (Å²) in [6.45, 7) is 2.09. The van der Waals surface area contributed by atoms with Gasteiger partial charge in [0.25, 0.3) is 0 Å². The lowest BCUT2D eigenvalue weighted by Crippen LogP contribution is -2.15. The third-order valence-electron chi connectivity index (χ3n) is 2.09. The van der Waals surface area contributed by atoms with Crippen LogP contribution in [0.5, 0.6) is 0 Å². The van der Waals surface area contributed by atoms with E-state index in [2.05, 4.69) is 16.1 Å². The average molecular weight is 250 g/mol. The first-order valence-corrected chi connectivity index (χ1v) is 6.18. The molecule has 0 bridgehead atoms. The second-order valence-electron chi connectivity index (χ2n) is 3.15. The number of nitrogens with one attached hydrogen (secondary N) is 1. The van der Waals surface area contributed by atoms with Gasteiger partial charge in [0, 0.05) is 4.90 Å². The Morgan fingerprint density at radius 2 is 2.35 bits per heavy atom. The van der Waals surface area contributed by atoms with Gasteiger partial charge in [0.2, 0.25) is 0 Å². The monoisotopic (exact) mass is 250 g/mol. The number of esters is 1. The lowest BCUT2D eigenvalue weighted by molar-refractivity contribution is -0.138. The van der Waals surface area contributed by atoms with Crippen LogP contribution in [0.15, 0.2) is 23.1 Å². The first-order chi connectivity index (χ1) is 8.22. The Balaban J connectivity index is 2.88. The molecule has 0 saturated carbocycles. The van der Waals surface area contributed by atoms with E-state index >= 15 is 0 Å². The molecule has 90 valence electrons. The zero-order chi connectivity index (χ0) is 12.7. The fraction of sp³-hybridized carbons (Fsp3) is 0.333. The number of rotatable bonds is 5. The minimum atomic E-state index is -0.359. The molecule has 1 N–H and O–H groups in total. The summed E-state index contributed by atoms with van der Waals surface area (Å²) in [6.07, 6.45) is 0. The number of hydrogen-bond acceptors (Lipinski definition) is 5. The molecule has 0 aromatic heterocycles. The van der Waals surface area contributed by atoms with Crippen LogP contribution < -0.4 is 5.32 Å². The van der Waals surface area contributed by atoms with Crippen molar-refractivity contribution < 1.29 is 9.53 Å². The topological polar surface area (TPSA) is 62.1 Å². The normalized spacial score (nSPS) is 9.47. The van der Waals surface area contributed by atoms with Crippen molar-refractivity contribution in [2.75, 3.05) is 24.7 Å². The van der Waals surface area contributed by atoms with E-state index < -0.39 is 0 Å². The number of anilines is 1. The highest BCUT2D eigenvalue weighted by Gasteiger charge is 2.09. The molecule has 0 radical (unpaired) electrons. The zero-order valence-corrected chi connectivity index (χ0v) is 10.6. The summed E-state index contributed by atoms with van der Waals surface area (Å²) in [4.78, 5) is 11.9. The summed E-state index contributed by atoms with van der Waals surface area (Å²) < 4.78 is 4.53. The van der Waals surface area contributed by atoms with E-state index in [0.717, 1.165) is 10.6 Å². The Morgan fingerprint density at radius 3 is 2.94 bits per heavy atom. The zero-order valence-electron chi connectivity index (χ0n) is 9.82. The fourth-order valence-electron chi connectivity index (χ4n) is 1.31. The van der Waals surface area contributed by atoms with Crippen LogP contribution in [0.1, 0.15) is 12.5 Å². The molecule has 0 unspecified atom stereocenters. The van der Waals surface area contributed by atoms with Crippen LogP contribution in [-0.2, 0) is 9.53 Å². The quantitative estimate of drug-likeness (QED) is 0.641. The van der Waals surface area contributed by atoms with Gasteiger partial charge in [0.05, 0.1) is 18.4 Å². The summed E-state index contributed by atoms with van der Waals surface area (Å²) in [6, 6.07) is 7.69. The molecular weight excluding hydrogens is 236 g/mol. The maximum absolute atomic E-state index is 11.0. The molecule has 0 atom stereocenters. The predicted molar refractivity (Wildman–Crippen MR) is 68.1 cm³/mol. The molecule has 0 aliphatic carbocycles. The lowest BCUT2D eigenvalue weighted by atomic mass is 10.2. The van der Waals surface area contributed by atoms with E-state index in [1.54, 1.807) is 17.8 Å². The number of methoxy groups -OCH3 is 1. The van der Waals surface area contributed by atoms with Crippen LogP contribution >= 0.6 is 11.8 Å². The van der Waals surface area contributed by atoms with E-state index in [9.17, 15) is 4.79 Å². The van der Waals surface area contributed by atoms with Crippen molar-refractivity contribution in [2.45, 2.75) is 11.8 Å². The summed E-state index contributed by atoms with van der Waals surface area (Å²) in [7, 11) is 1.33. The maximum atomic E-state index is 11.0. The van der Waals surface area contributed by atoms with Crippen molar-refractivity contribution in [1.82, 2.24) is 0 Å². The Hall–Kier alpha value is -1.67. The first-order valence-electron chi connectivity index (χ1n) is 5.19. The summed E-state index contributed by atoms with van der Waals surface area (Å²) in [5.74, 6) is 0.539.